The topological polar surface area (TPSA) is 37.3 Å². The third kappa shape index (κ3) is 2.26. The molecule has 2 nitrogen and oxygen atoms in total. The lowest BCUT2D eigenvalue weighted by atomic mass is 9.78. The Morgan fingerprint density at radius 3 is 2.73 bits per heavy atom. The molecule has 22 heavy (non-hydrogen) atoms. The van der Waals surface area contributed by atoms with E-state index in [0.29, 0.717) is 5.56 Å². The molecule has 0 aliphatic heterocycles. The molecule has 1 N–H and O–H groups in total. The molecule has 0 heterocycles. The zero-order valence-corrected chi connectivity index (χ0v) is 13.5. The highest BCUT2D eigenvalue weighted by molar-refractivity contribution is 7.80. The molecule has 0 aromatic heterocycles. The lowest BCUT2D eigenvalue weighted by molar-refractivity contribution is -0.115. The van der Waals surface area contributed by atoms with Crippen LogP contribution in [0.3, 0.4) is 0 Å². The van der Waals surface area contributed by atoms with Crippen LogP contribution in [0.25, 0.3) is 0 Å². The molecule has 0 radical (unpaired) electrons. The summed E-state index contributed by atoms with van der Waals surface area (Å²) in [5.74, 6) is -0.279. The first-order valence-electron chi connectivity index (χ1n) is 7.50. The van der Waals surface area contributed by atoms with Crippen molar-refractivity contribution in [2.24, 2.45) is 0 Å². The molecule has 1 atom stereocenters. The summed E-state index contributed by atoms with van der Waals surface area (Å²) in [6.45, 7) is 4.12. The number of ketones is 1. The van der Waals surface area contributed by atoms with Crippen molar-refractivity contribution in [3.8, 4) is 5.75 Å². The second-order valence-electron chi connectivity index (χ2n) is 5.78. The van der Waals surface area contributed by atoms with Gasteiger partial charge >= 0.3 is 0 Å². The van der Waals surface area contributed by atoms with E-state index in [1.54, 1.807) is 18.2 Å². The lowest BCUT2D eigenvalue weighted by Gasteiger charge is -2.24. The average molecular weight is 310 g/mol. The molecular weight excluding hydrogens is 292 g/mol. The maximum absolute atomic E-state index is 12.6. The molecule has 0 saturated carbocycles. The number of carbonyl (C=O) groups excluding carboxylic acids is 1. The van der Waals surface area contributed by atoms with Crippen LogP contribution in [0.5, 0.6) is 5.75 Å². The smallest absolute Gasteiger partial charge is 0.167 e. The summed E-state index contributed by atoms with van der Waals surface area (Å²) in [5, 5.41) is 10.2. The van der Waals surface area contributed by atoms with Crippen LogP contribution in [0.1, 0.15) is 38.2 Å². The Morgan fingerprint density at radius 2 is 2.05 bits per heavy atom. The van der Waals surface area contributed by atoms with Crippen LogP contribution in [0.15, 0.2) is 58.7 Å². The number of hydrogen-bond donors (Lipinski definition) is 1. The van der Waals surface area contributed by atoms with E-state index in [0.717, 1.165) is 34.4 Å². The van der Waals surface area contributed by atoms with Crippen molar-refractivity contribution in [2.75, 3.05) is 0 Å². The molecule has 3 heteroatoms. The Morgan fingerprint density at radius 1 is 1.32 bits per heavy atom. The van der Waals surface area contributed by atoms with Gasteiger partial charge in [-0.25, -0.2) is 0 Å². The highest BCUT2D eigenvalue weighted by atomic mass is 32.1. The van der Waals surface area contributed by atoms with Crippen molar-refractivity contribution in [2.45, 2.75) is 32.6 Å². The third-order valence-electron chi connectivity index (χ3n) is 4.37. The summed E-state index contributed by atoms with van der Waals surface area (Å²) in [4.78, 5) is 13.4. The number of phenolic OH excluding ortho intramolecular Hbond substituents is 1. The van der Waals surface area contributed by atoms with Crippen LogP contribution in [0.4, 0.5) is 0 Å². The molecule has 0 spiro atoms. The van der Waals surface area contributed by atoms with Crippen LogP contribution in [0, 0.1) is 0 Å². The standard InChI is InChI=1S/C19H18O2S/c1-3-16(22)17-11(2)10-12-8-9-15(21)19(18(12)17)13-6-4-5-7-14(13)20/h4-9,19-20H,3,10H2,1-2H3. The van der Waals surface area contributed by atoms with Crippen LogP contribution in [-0.2, 0) is 4.79 Å². The number of rotatable bonds is 3. The molecule has 0 bridgehead atoms. The van der Waals surface area contributed by atoms with E-state index in [1.807, 2.05) is 25.1 Å². The second kappa shape index (κ2) is 5.65. The van der Waals surface area contributed by atoms with E-state index in [4.69, 9.17) is 12.2 Å². The fraction of sp³-hybridized carbons (Fsp3) is 0.263. The number of thiocarbonyl (C=S) groups is 1. The highest BCUT2D eigenvalue weighted by Gasteiger charge is 2.36. The quantitative estimate of drug-likeness (QED) is 0.840. The van der Waals surface area contributed by atoms with E-state index in [2.05, 4.69) is 6.92 Å². The number of para-hydroxylation sites is 1. The van der Waals surface area contributed by atoms with Crippen molar-refractivity contribution >= 4 is 22.9 Å². The number of hydrogen-bond acceptors (Lipinski definition) is 3. The monoisotopic (exact) mass is 310 g/mol. The number of carbonyl (C=O) groups is 1. The molecule has 0 saturated heterocycles. The lowest BCUT2D eigenvalue weighted by Crippen LogP contribution is -2.19. The summed E-state index contributed by atoms with van der Waals surface area (Å²) in [5.41, 5.74) is 5.08. The van der Waals surface area contributed by atoms with Gasteiger partial charge in [-0.15, -0.1) is 0 Å². The molecule has 1 aromatic rings. The maximum Gasteiger partial charge on any atom is 0.167 e. The summed E-state index contributed by atoms with van der Waals surface area (Å²) in [6, 6.07) is 7.07. The van der Waals surface area contributed by atoms with Gasteiger partial charge in [-0.05, 0) is 48.6 Å². The third-order valence-corrected chi connectivity index (χ3v) is 4.86. The number of allylic oxidation sites excluding steroid dienone is 6. The molecule has 3 rings (SSSR count). The number of aromatic hydroxyl groups is 1. The summed E-state index contributed by atoms with van der Waals surface area (Å²) < 4.78 is 0. The van der Waals surface area contributed by atoms with E-state index >= 15 is 0 Å². The van der Waals surface area contributed by atoms with Crippen LogP contribution in [-0.4, -0.2) is 15.8 Å². The molecule has 0 fully saturated rings. The van der Waals surface area contributed by atoms with E-state index < -0.39 is 5.92 Å². The van der Waals surface area contributed by atoms with Crippen LogP contribution >= 0.6 is 12.2 Å². The summed E-state index contributed by atoms with van der Waals surface area (Å²) in [6.07, 6.45) is 5.15. The minimum Gasteiger partial charge on any atom is -0.508 e. The minimum absolute atomic E-state index is 0.00588. The van der Waals surface area contributed by atoms with Gasteiger partial charge in [-0.1, -0.05) is 49.0 Å². The van der Waals surface area contributed by atoms with Crippen molar-refractivity contribution in [3.63, 3.8) is 0 Å². The second-order valence-corrected chi connectivity index (χ2v) is 6.27. The van der Waals surface area contributed by atoms with Crippen molar-refractivity contribution in [1.82, 2.24) is 0 Å². The van der Waals surface area contributed by atoms with Gasteiger partial charge in [0.2, 0.25) is 0 Å². The van der Waals surface area contributed by atoms with Gasteiger partial charge in [0, 0.05) is 10.4 Å². The molecule has 2 aliphatic rings. The van der Waals surface area contributed by atoms with E-state index in [9.17, 15) is 9.90 Å². The zero-order chi connectivity index (χ0) is 15.9. The van der Waals surface area contributed by atoms with Gasteiger partial charge in [-0.3, -0.25) is 4.79 Å². The van der Waals surface area contributed by atoms with Crippen LogP contribution in [0.2, 0.25) is 0 Å². The predicted molar refractivity (Wildman–Crippen MR) is 92.2 cm³/mol. The van der Waals surface area contributed by atoms with Gasteiger partial charge in [0.05, 0.1) is 5.92 Å². The Labute approximate surface area is 135 Å². The fourth-order valence-corrected chi connectivity index (χ4v) is 3.65. The Hall–Kier alpha value is -2.00. The average Bonchev–Trinajstić information content (AvgIpc) is 2.84. The Balaban J connectivity index is 2.18. The number of phenols is 1. The summed E-state index contributed by atoms with van der Waals surface area (Å²) >= 11 is 5.54. The fourth-order valence-electron chi connectivity index (χ4n) is 3.36. The molecule has 2 aliphatic carbocycles. The molecular formula is C19H18O2S. The van der Waals surface area contributed by atoms with E-state index in [1.165, 1.54) is 5.57 Å². The first kappa shape index (κ1) is 14.9. The Kier molecular flexibility index (Phi) is 3.83. The highest BCUT2D eigenvalue weighted by Crippen LogP contribution is 2.46. The number of benzene rings is 1. The van der Waals surface area contributed by atoms with Gasteiger partial charge in [0.15, 0.2) is 5.78 Å². The largest absolute Gasteiger partial charge is 0.508 e. The zero-order valence-electron chi connectivity index (χ0n) is 12.7. The van der Waals surface area contributed by atoms with Crippen molar-refractivity contribution < 1.29 is 9.90 Å². The van der Waals surface area contributed by atoms with Crippen LogP contribution < -0.4 is 0 Å². The summed E-state index contributed by atoms with van der Waals surface area (Å²) in [7, 11) is 0. The molecule has 112 valence electrons. The molecule has 0 amide bonds. The molecule has 1 unspecified atom stereocenters. The van der Waals surface area contributed by atoms with E-state index in [-0.39, 0.29) is 11.5 Å². The first-order chi connectivity index (χ1) is 10.5. The van der Waals surface area contributed by atoms with Gasteiger partial charge in [0.25, 0.3) is 0 Å². The van der Waals surface area contributed by atoms with Crippen molar-refractivity contribution in [3.05, 3.63) is 64.3 Å². The molecule has 1 aromatic carbocycles. The Bertz CT molecular complexity index is 765. The van der Waals surface area contributed by atoms with Gasteiger partial charge < -0.3 is 5.11 Å². The van der Waals surface area contributed by atoms with Gasteiger partial charge in [-0.2, -0.15) is 0 Å². The normalized spacial score (nSPS) is 20.6. The maximum atomic E-state index is 12.6. The van der Waals surface area contributed by atoms with Crippen molar-refractivity contribution in [1.29, 1.82) is 0 Å². The SMILES string of the molecule is CCC(=S)C1=C(C)CC2=C1C(c1ccccc1O)C(=O)C=C2. The predicted octanol–water partition coefficient (Wildman–Crippen LogP) is 4.41. The first-order valence-corrected chi connectivity index (χ1v) is 7.91. The van der Waals surface area contributed by atoms with Gasteiger partial charge in [0.1, 0.15) is 5.75 Å². The minimum atomic E-state index is -0.446.